The molecule has 0 aromatic carbocycles. The van der Waals surface area contributed by atoms with Gasteiger partial charge in [-0.3, -0.25) is 9.59 Å². The number of hydrogen-bond donors (Lipinski definition) is 1. The van der Waals surface area contributed by atoms with Gasteiger partial charge in [0, 0.05) is 18.5 Å². The van der Waals surface area contributed by atoms with Crippen LogP contribution in [0.1, 0.15) is 23.7 Å². The highest BCUT2D eigenvalue weighted by Crippen LogP contribution is 2.15. The van der Waals surface area contributed by atoms with Crippen molar-refractivity contribution in [1.82, 2.24) is 10.2 Å². The van der Waals surface area contributed by atoms with Crippen LogP contribution in [-0.4, -0.2) is 35.8 Å². The second kappa shape index (κ2) is 4.65. The van der Waals surface area contributed by atoms with E-state index in [1.807, 2.05) is 17.7 Å². The summed E-state index contributed by atoms with van der Waals surface area (Å²) in [6.45, 7) is 3.06. The van der Waals surface area contributed by atoms with Gasteiger partial charge >= 0.3 is 0 Å². The molecule has 1 aliphatic rings. The molecule has 0 radical (unpaired) electrons. The molecule has 0 spiro atoms. The van der Waals surface area contributed by atoms with Gasteiger partial charge in [0.2, 0.25) is 5.91 Å². The predicted molar refractivity (Wildman–Crippen MR) is 62.4 cm³/mol. The molecule has 0 bridgehead atoms. The van der Waals surface area contributed by atoms with Crippen LogP contribution in [0.2, 0.25) is 0 Å². The molecule has 1 aromatic heterocycles. The van der Waals surface area contributed by atoms with Crippen LogP contribution >= 0.6 is 11.3 Å². The number of piperazine rings is 1. The van der Waals surface area contributed by atoms with Crippen molar-refractivity contribution in [3.63, 3.8) is 0 Å². The summed E-state index contributed by atoms with van der Waals surface area (Å²) in [5.41, 5.74) is 0.679. The molecule has 1 fully saturated rings. The van der Waals surface area contributed by atoms with Crippen LogP contribution in [0.4, 0.5) is 0 Å². The lowest BCUT2D eigenvalue weighted by Gasteiger charge is -2.34. The van der Waals surface area contributed by atoms with Crippen LogP contribution in [0.5, 0.6) is 0 Å². The van der Waals surface area contributed by atoms with Gasteiger partial charge in [-0.1, -0.05) is 6.92 Å². The number of carbonyl (C=O) groups excluding carboxylic acids is 2. The number of nitrogens with zero attached hydrogens (tertiary/aromatic N) is 1. The van der Waals surface area contributed by atoms with Gasteiger partial charge in [-0.2, -0.15) is 11.3 Å². The number of carbonyl (C=O) groups is 2. The number of nitrogens with one attached hydrogen (secondary N) is 1. The zero-order valence-electron chi connectivity index (χ0n) is 9.10. The van der Waals surface area contributed by atoms with Crippen molar-refractivity contribution in [2.45, 2.75) is 19.4 Å². The van der Waals surface area contributed by atoms with Gasteiger partial charge in [0.15, 0.2) is 0 Å². The molecule has 1 saturated heterocycles. The number of amides is 2. The molecule has 2 amide bonds. The minimum atomic E-state index is -0.318. The van der Waals surface area contributed by atoms with E-state index in [0.717, 1.165) is 0 Å². The first-order valence-corrected chi connectivity index (χ1v) is 6.29. The van der Waals surface area contributed by atoms with E-state index in [1.54, 1.807) is 11.0 Å². The summed E-state index contributed by atoms with van der Waals surface area (Å²) >= 11 is 1.49. The summed E-state index contributed by atoms with van der Waals surface area (Å²) in [5, 5.41) is 6.48. The van der Waals surface area contributed by atoms with Gasteiger partial charge in [0.05, 0.1) is 5.56 Å². The normalized spacial score (nSPS) is 20.7. The van der Waals surface area contributed by atoms with Crippen LogP contribution in [-0.2, 0) is 4.79 Å². The third-order valence-corrected chi connectivity index (χ3v) is 3.43. The molecule has 1 unspecified atom stereocenters. The van der Waals surface area contributed by atoms with Gasteiger partial charge in [-0.25, -0.2) is 0 Å². The van der Waals surface area contributed by atoms with Crippen molar-refractivity contribution in [1.29, 1.82) is 0 Å². The predicted octanol–water partition coefficient (Wildman–Crippen LogP) is 1.10. The lowest BCUT2D eigenvalue weighted by Crippen LogP contribution is -2.56. The standard InChI is InChI=1S/C11H14N2O2S/c1-2-9-10(14)12-4-5-13(9)11(15)8-3-6-16-7-8/h3,6-7,9H,2,4-5H2,1H3,(H,12,14). The minimum Gasteiger partial charge on any atom is -0.353 e. The molecule has 1 N–H and O–H groups in total. The van der Waals surface area contributed by atoms with Gasteiger partial charge in [0.25, 0.3) is 5.91 Å². The van der Waals surface area contributed by atoms with Gasteiger partial charge in [0.1, 0.15) is 6.04 Å². The second-order valence-electron chi connectivity index (χ2n) is 3.73. The van der Waals surface area contributed by atoms with Crippen molar-refractivity contribution in [3.8, 4) is 0 Å². The Morgan fingerprint density at radius 2 is 2.50 bits per heavy atom. The van der Waals surface area contributed by atoms with Gasteiger partial charge in [-0.05, 0) is 17.9 Å². The molecule has 2 rings (SSSR count). The van der Waals surface area contributed by atoms with Crippen molar-refractivity contribution in [2.24, 2.45) is 0 Å². The average Bonchev–Trinajstić information content (AvgIpc) is 2.81. The van der Waals surface area contributed by atoms with Crippen molar-refractivity contribution in [2.75, 3.05) is 13.1 Å². The molecule has 4 nitrogen and oxygen atoms in total. The SMILES string of the molecule is CCC1C(=O)NCCN1C(=O)c1ccsc1. The molecule has 0 aliphatic carbocycles. The molecular formula is C11H14N2O2S. The maximum Gasteiger partial charge on any atom is 0.255 e. The summed E-state index contributed by atoms with van der Waals surface area (Å²) in [4.78, 5) is 25.4. The third-order valence-electron chi connectivity index (χ3n) is 2.75. The van der Waals surface area contributed by atoms with E-state index in [2.05, 4.69) is 5.32 Å². The smallest absolute Gasteiger partial charge is 0.255 e. The van der Waals surface area contributed by atoms with Crippen molar-refractivity contribution < 1.29 is 9.59 Å². The molecular weight excluding hydrogens is 224 g/mol. The lowest BCUT2D eigenvalue weighted by atomic mass is 10.1. The molecule has 16 heavy (non-hydrogen) atoms. The van der Waals surface area contributed by atoms with Crippen LogP contribution in [0.25, 0.3) is 0 Å². The fraction of sp³-hybridized carbons (Fsp3) is 0.455. The van der Waals surface area contributed by atoms with E-state index in [0.29, 0.717) is 25.1 Å². The molecule has 1 aromatic rings. The molecule has 1 atom stereocenters. The molecule has 86 valence electrons. The Morgan fingerprint density at radius 1 is 1.69 bits per heavy atom. The van der Waals surface area contributed by atoms with Crippen LogP contribution in [0.3, 0.4) is 0 Å². The highest BCUT2D eigenvalue weighted by molar-refractivity contribution is 7.08. The highest BCUT2D eigenvalue weighted by atomic mass is 32.1. The molecule has 2 heterocycles. The van der Waals surface area contributed by atoms with Crippen molar-refractivity contribution in [3.05, 3.63) is 22.4 Å². The lowest BCUT2D eigenvalue weighted by molar-refractivity contribution is -0.127. The highest BCUT2D eigenvalue weighted by Gasteiger charge is 2.31. The first kappa shape index (κ1) is 11.1. The molecule has 1 aliphatic heterocycles. The number of hydrogen-bond acceptors (Lipinski definition) is 3. The van der Waals surface area contributed by atoms with E-state index in [4.69, 9.17) is 0 Å². The van der Waals surface area contributed by atoms with Crippen LogP contribution in [0.15, 0.2) is 16.8 Å². The zero-order chi connectivity index (χ0) is 11.5. The van der Waals surface area contributed by atoms with Gasteiger partial charge in [-0.15, -0.1) is 0 Å². The summed E-state index contributed by atoms with van der Waals surface area (Å²) in [6.07, 6.45) is 0.654. The Morgan fingerprint density at radius 3 is 3.12 bits per heavy atom. The number of thiophene rings is 1. The average molecular weight is 238 g/mol. The van der Waals surface area contributed by atoms with E-state index in [-0.39, 0.29) is 17.9 Å². The van der Waals surface area contributed by atoms with E-state index in [9.17, 15) is 9.59 Å². The van der Waals surface area contributed by atoms with Crippen molar-refractivity contribution >= 4 is 23.2 Å². The number of rotatable bonds is 2. The maximum atomic E-state index is 12.1. The Kier molecular flexibility index (Phi) is 3.24. The summed E-state index contributed by atoms with van der Waals surface area (Å²) < 4.78 is 0. The van der Waals surface area contributed by atoms with Crippen LogP contribution < -0.4 is 5.32 Å². The van der Waals surface area contributed by atoms with E-state index < -0.39 is 0 Å². The Hall–Kier alpha value is -1.36. The van der Waals surface area contributed by atoms with Gasteiger partial charge < -0.3 is 10.2 Å². The summed E-state index contributed by atoms with van der Waals surface area (Å²) in [5.74, 6) is -0.0831. The maximum absolute atomic E-state index is 12.1. The Labute approximate surface area is 98.3 Å². The monoisotopic (exact) mass is 238 g/mol. The quantitative estimate of drug-likeness (QED) is 0.838. The van der Waals surface area contributed by atoms with E-state index >= 15 is 0 Å². The Bertz CT molecular complexity index is 389. The third kappa shape index (κ3) is 1.95. The Balaban J connectivity index is 2.18. The topological polar surface area (TPSA) is 49.4 Å². The largest absolute Gasteiger partial charge is 0.353 e. The molecule has 0 saturated carbocycles. The zero-order valence-corrected chi connectivity index (χ0v) is 9.92. The second-order valence-corrected chi connectivity index (χ2v) is 4.51. The first-order chi connectivity index (χ1) is 7.74. The minimum absolute atomic E-state index is 0.0389. The summed E-state index contributed by atoms with van der Waals surface area (Å²) in [6, 6.07) is 1.48. The summed E-state index contributed by atoms with van der Waals surface area (Å²) in [7, 11) is 0. The fourth-order valence-electron chi connectivity index (χ4n) is 1.92. The first-order valence-electron chi connectivity index (χ1n) is 5.35. The van der Waals surface area contributed by atoms with Crippen LogP contribution in [0, 0.1) is 0 Å². The van der Waals surface area contributed by atoms with E-state index in [1.165, 1.54) is 11.3 Å². The fourth-order valence-corrected chi connectivity index (χ4v) is 2.55. The molecule has 5 heteroatoms.